The first-order valence-corrected chi connectivity index (χ1v) is 11.5. The van der Waals surface area contributed by atoms with E-state index in [1.807, 2.05) is 42.5 Å². The highest BCUT2D eigenvalue weighted by Crippen LogP contribution is 2.34. The minimum absolute atomic E-state index is 0.0895. The van der Waals surface area contributed by atoms with Crippen molar-refractivity contribution in [1.29, 1.82) is 0 Å². The Balaban J connectivity index is 1.61. The van der Waals surface area contributed by atoms with Crippen molar-refractivity contribution < 1.29 is 9.13 Å². The molecule has 0 bridgehead atoms. The molecule has 2 heterocycles. The highest BCUT2D eigenvalue weighted by molar-refractivity contribution is 5.86. The SMILES string of the molecule is COc1ncccc1Nc1cc2nc3ccccc3n(C3=CC=C(F)CC3)c-2cc1=NC1CC1. The third-order valence-corrected chi connectivity index (χ3v) is 6.16. The Morgan fingerprint density at radius 3 is 2.74 bits per heavy atom. The van der Waals surface area contributed by atoms with Gasteiger partial charge in [0.25, 0.3) is 0 Å². The first-order valence-electron chi connectivity index (χ1n) is 11.5. The smallest absolute Gasteiger partial charge is 0.237 e. The Labute approximate surface area is 196 Å². The van der Waals surface area contributed by atoms with Crippen LogP contribution in [0.5, 0.6) is 5.88 Å². The van der Waals surface area contributed by atoms with Gasteiger partial charge in [0.1, 0.15) is 11.5 Å². The quantitative estimate of drug-likeness (QED) is 0.386. The minimum Gasteiger partial charge on any atom is -0.480 e. The van der Waals surface area contributed by atoms with Crippen LogP contribution in [0, 0.1) is 0 Å². The van der Waals surface area contributed by atoms with E-state index in [1.165, 1.54) is 0 Å². The van der Waals surface area contributed by atoms with Crippen LogP contribution in [0.4, 0.5) is 15.8 Å². The second-order valence-electron chi connectivity index (χ2n) is 8.61. The van der Waals surface area contributed by atoms with Crippen molar-refractivity contribution in [3.05, 3.63) is 78.1 Å². The molecule has 6 rings (SSSR count). The van der Waals surface area contributed by atoms with E-state index in [-0.39, 0.29) is 5.83 Å². The summed E-state index contributed by atoms with van der Waals surface area (Å²) >= 11 is 0. The van der Waals surface area contributed by atoms with Crippen LogP contribution >= 0.6 is 0 Å². The van der Waals surface area contributed by atoms with Gasteiger partial charge in [-0.15, -0.1) is 0 Å². The Kier molecular flexibility index (Phi) is 5.09. The number of aromatic nitrogens is 3. The molecule has 3 aliphatic carbocycles. The highest BCUT2D eigenvalue weighted by Gasteiger charge is 2.23. The maximum absolute atomic E-state index is 13.8. The van der Waals surface area contributed by atoms with Crippen LogP contribution in [0.15, 0.2) is 77.7 Å². The molecule has 1 aromatic heterocycles. The molecule has 1 fully saturated rings. The van der Waals surface area contributed by atoms with E-state index in [0.29, 0.717) is 24.8 Å². The third kappa shape index (κ3) is 3.83. The van der Waals surface area contributed by atoms with Crippen molar-refractivity contribution in [1.82, 2.24) is 14.5 Å². The van der Waals surface area contributed by atoms with Crippen molar-refractivity contribution in [3.63, 3.8) is 0 Å². The fourth-order valence-corrected chi connectivity index (χ4v) is 4.34. The topological polar surface area (TPSA) is 64.3 Å². The summed E-state index contributed by atoms with van der Waals surface area (Å²) in [4.78, 5) is 14.3. The van der Waals surface area contributed by atoms with Gasteiger partial charge >= 0.3 is 0 Å². The lowest BCUT2D eigenvalue weighted by atomic mass is 10.1. The Morgan fingerprint density at radius 2 is 1.94 bits per heavy atom. The van der Waals surface area contributed by atoms with Crippen molar-refractivity contribution in [2.24, 2.45) is 4.99 Å². The summed E-state index contributed by atoms with van der Waals surface area (Å²) in [6.07, 6.45) is 8.35. The molecular formula is C27H24FN5O. The maximum Gasteiger partial charge on any atom is 0.237 e. The average Bonchev–Trinajstić information content (AvgIpc) is 3.68. The van der Waals surface area contributed by atoms with E-state index in [9.17, 15) is 4.39 Å². The molecule has 170 valence electrons. The van der Waals surface area contributed by atoms with Gasteiger partial charge in [-0.2, -0.15) is 0 Å². The molecule has 34 heavy (non-hydrogen) atoms. The van der Waals surface area contributed by atoms with Crippen LogP contribution in [0.3, 0.4) is 0 Å². The second kappa shape index (κ2) is 8.41. The van der Waals surface area contributed by atoms with Crippen molar-refractivity contribution in [2.75, 3.05) is 12.4 Å². The Bertz CT molecular complexity index is 1500. The van der Waals surface area contributed by atoms with Crippen LogP contribution in [-0.4, -0.2) is 27.7 Å². The van der Waals surface area contributed by atoms with E-state index >= 15 is 0 Å². The summed E-state index contributed by atoms with van der Waals surface area (Å²) in [7, 11) is 1.61. The molecule has 1 aromatic carbocycles. The number of para-hydroxylation sites is 2. The number of anilines is 2. The van der Waals surface area contributed by atoms with Gasteiger partial charge in [0.2, 0.25) is 5.88 Å². The molecule has 0 saturated heterocycles. The first-order chi connectivity index (χ1) is 16.7. The van der Waals surface area contributed by atoms with Crippen molar-refractivity contribution in [2.45, 2.75) is 31.7 Å². The summed E-state index contributed by atoms with van der Waals surface area (Å²) in [5.41, 5.74) is 6.30. The number of pyridine rings is 1. The van der Waals surface area contributed by atoms with Crippen LogP contribution in [0.2, 0.25) is 0 Å². The number of rotatable bonds is 5. The van der Waals surface area contributed by atoms with Crippen LogP contribution in [0.1, 0.15) is 25.7 Å². The molecule has 6 nitrogen and oxygen atoms in total. The molecule has 1 saturated carbocycles. The monoisotopic (exact) mass is 453 g/mol. The lowest BCUT2D eigenvalue weighted by Gasteiger charge is -2.23. The van der Waals surface area contributed by atoms with Gasteiger partial charge in [-0.25, -0.2) is 14.4 Å². The number of hydrogen-bond donors (Lipinski definition) is 1. The summed E-state index contributed by atoms with van der Waals surface area (Å²) in [5.74, 6) is 0.427. The Hall–Kier alpha value is -4.00. The molecule has 0 unspecified atom stereocenters. The number of methoxy groups -OCH3 is 1. The number of hydrogen-bond acceptors (Lipinski definition) is 5. The number of nitrogens with one attached hydrogen (secondary N) is 1. The molecule has 2 aromatic rings. The zero-order chi connectivity index (χ0) is 23.1. The average molecular weight is 454 g/mol. The molecular weight excluding hydrogens is 429 g/mol. The lowest BCUT2D eigenvalue weighted by Crippen LogP contribution is -2.16. The van der Waals surface area contributed by atoms with Gasteiger partial charge in [0.05, 0.1) is 46.6 Å². The van der Waals surface area contributed by atoms with E-state index in [0.717, 1.165) is 57.7 Å². The summed E-state index contributed by atoms with van der Waals surface area (Å²) in [5, 5.41) is 4.33. The van der Waals surface area contributed by atoms with Crippen molar-refractivity contribution >= 4 is 28.1 Å². The summed E-state index contributed by atoms with van der Waals surface area (Å²) < 4.78 is 21.4. The fourth-order valence-electron chi connectivity index (χ4n) is 4.34. The van der Waals surface area contributed by atoms with Gasteiger partial charge in [-0.05, 0) is 67.8 Å². The largest absolute Gasteiger partial charge is 0.480 e. The zero-order valence-electron chi connectivity index (χ0n) is 18.8. The number of nitrogens with zero attached hydrogens (tertiary/aromatic N) is 4. The number of ether oxygens (including phenoxy) is 1. The number of allylic oxidation sites excluding steroid dienone is 4. The standard InChI is InChI=1S/C27H24FN5O/c1-34-27-21(6-4-14-29-27)32-22-15-24-26(16-23(22)30-18-10-11-18)33(19-12-8-17(28)9-13-19)25-7-3-2-5-20(25)31-24/h2-8,12,14-16,18,32H,9-11,13H2,1H3. The highest BCUT2D eigenvalue weighted by atomic mass is 19.1. The molecule has 1 aliphatic heterocycles. The van der Waals surface area contributed by atoms with E-state index in [2.05, 4.69) is 27.0 Å². The summed E-state index contributed by atoms with van der Waals surface area (Å²) in [6.45, 7) is 0. The number of fused-ring (bicyclic) bond motifs is 2. The van der Waals surface area contributed by atoms with Gasteiger partial charge in [-0.3, -0.25) is 4.99 Å². The van der Waals surface area contributed by atoms with Crippen LogP contribution < -0.4 is 15.4 Å². The lowest BCUT2D eigenvalue weighted by molar-refractivity contribution is 0.400. The number of halogens is 1. The van der Waals surface area contributed by atoms with Gasteiger partial charge in [0, 0.05) is 18.3 Å². The van der Waals surface area contributed by atoms with Crippen LogP contribution in [0.25, 0.3) is 28.1 Å². The molecule has 7 heteroatoms. The molecule has 0 spiro atoms. The third-order valence-electron chi connectivity index (χ3n) is 6.16. The molecule has 4 aliphatic rings. The van der Waals surface area contributed by atoms with Gasteiger partial charge in [0.15, 0.2) is 0 Å². The summed E-state index contributed by atoms with van der Waals surface area (Å²) in [6, 6.07) is 16.3. The number of benzene rings is 2. The predicted molar refractivity (Wildman–Crippen MR) is 132 cm³/mol. The molecule has 0 radical (unpaired) electrons. The Morgan fingerprint density at radius 1 is 1.06 bits per heavy atom. The predicted octanol–water partition coefficient (Wildman–Crippen LogP) is 5.84. The zero-order valence-corrected chi connectivity index (χ0v) is 18.8. The minimum atomic E-state index is -0.0895. The molecule has 0 atom stereocenters. The normalized spacial score (nSPS) is 16.5. The van der Waals surface area contributed by atoms with Crippen LogP contribution in [-0.2, 0) is 0 Å². The maximum atomic E-state index is 13.8. The van der Waals surface area contributed by atoms with E-state index < -0.39 is 0 Å². The van der Waals surface area contributed by atoms with E-state index in [4.69, 9.17) is 14.7 Å². The molecule has 0 amide bonds. The first kappa shape index (κ1) is 20.6. The van der Waals surface area contributed by atoms with E-state index in [1.54, 1.807) is 19.4 Å². The second-order valence-corrected chi connectivity index (χ2v) is 8.61. The van der Waals surface area contributed by atoms with Gasteiger partial charge in [-0.1, -0.05) is 12.1 Å². The van der Waals surface area contributed by atoms with Gasteiger partial charge < -0.3 is 14.6 Å². The molecule has 1 N–H and O–H groups in total. The fraction of sp³-hybridized carbons (Fsp3) is 0.222. The van der Waals surface area contributed by atoms with Crippen molar-refractivity contribution in [3.8, 4) is 17.3 Å².